The predicted octanol–water partition coefficient (Wildman–Crippen LogP) is 5.92. The molecule has 0 saturated carbocycles. The van der Waals surface area contributed by atoms with E-state index in [9.17, 15) is 23.2 Å². The lowest BCUT2D eigenvalue weighted by Gasteiger charge is -2.28. The summed E-state index contributed by atoms with van der Waals surface area (Å²) in [6.45, 7) is 1.64. The lowest BCUT2D eigenvalue weighted by atomic mass is 9.95. The Morgan fingerprint density at radius 3 is 2.58 bits per heavy atom. The molecule has 0 radical (unpaired) electrons. The molecule has 1 heterocycles. The number of carbonyl (C=O) groups excluding carboxylic acids is 2. The van der Waals surface area contributed by atoms with Gasteiger partial charge in [0.2, 0.25) is 0 Å². The Morgan fingerprint density at radius 1 is 1.09 bits per heavy atom. The van der Waals surface area contributed by atoms with Crippen LogP contribution in [0, 0.1) is 17.6 Å². The van der Waals surface area contributed by atoms with Crippen molar-refractivity contribution < 1.29 is 33.0 Å². The van der Waals surface area contributed by atoms with Crippen LogP contribution in [0.1, 0.15) is 44.6 Å². The number of aromatic nitrogens is 1. The largest absolute Gasteiger partial charge is 0.480 e. The smallest absolute Gasteiger partial charge is 0.412 e. The van der Waals surface area contributed by atoms with Crippen LogP contribution in [-0.4, -0.2) is 58.8 Å². The molecule has 0 saturated heterocycles. The van der Waals surface area contributed by atoms with Gasteiger partial charge in [0.05, 0.1) is 11.1 Å². The fourth-order valence-corrected chi connectivity index (χ4v) is 4.67. The summed E-state index contributed by atoms with van der Waals surface area (Å²) in [4.78, 5) is 42.2. The number of halogens is 3. The summed E-state index contributed by atoms with van der Waals surface area (Å²) < 4.78 is 32.8. The second-order valence-electron chi connectivity index (χ2n) is 10.4. The van der Waals surface area contributed by atoms with Crippen molar-refractivity contribution >= 4 is 46.3 Å². The zero-order valence-corrected chi connectivity index (χ0v) is 24.7. The summed E-state index contributed by atoms with van der Waals surface area (Å²) in [5.41, 5.74) is 6.10. The summed E-state index contributed by atoms with van der Waals surface area (Å²) in [5, 5.41) is 15.5. The molecule has 3 aromatic rings. The molecular weight excluding hydrogens is 584 g/mol. The molecule has 0 aliphatic heterocycles. The van der Waals surface area contributed by atoms with Crippen molar-refractivity contribution in [1.29, 1.82) is 0 Å². The fraction of sp³-hybridized carbons (Fsp3) is 0.400. The number of aliphatic carboxylic acids is 1. The van der Waals surface area contributed by atoms with Gasteiger partial charge in [0.25, 0.3) is 0 Å². The molecule has 232 valence electrons. The van der Waals surface area contributed by atoms with Crippen LogP contribution in [-0.2, 0) is 16.1 Å². The van der Waals surface area contributed by atoms with Crippen LogP contribution >= 0.6 is 11.6 Å². The van der Waals surface area contributed by atoms with Gasteiger partial charge in [0, 0.05) is 25.2 Å². The minimum Gasteiger partial charge on any atom is -0.480 e. The average molecular weight is 620 g/mol. The molecule has 3 atom stereocenters. The van der Waals surface area contributed by atoms with Crippen LogP contribution in [0.2, 0.25) is 5.02 Å². The SMILES string of the molecule is CC(CCCCC[C@@H](COC(=O)Nc1cc2cc(F)ccc2cn1)N(C)C(=O)NCc1cccc(F)c1Cl)[C@@H](N)C(=O)O. The summed E-state index contributed by atoms with van der Waals surface area (Å²) in [5.74, 6) is -2.07. The number of carboxylic acid groups (broad SMARTS) is 1. The van der Waals surface area contributed by atoms with E-state index in [0.29, 0.717) is 35.6 Å². The molecule has 13 heteroatoms. The first-order chi connectivity index (χ1) is 20.5. The molecule has 43 heavy (non-hydrogen) atoms. The third-order valence-electron chi connectivity index (χ3n) is 7.25. The van der Waals surface area contributed by atoms with Gasteiger partial charge in [0.1, 0.15) is 30.1 Å². The summed E-state index contributed by atoms with van der Waals surface area (Å²) in [6, 6.07) is 8.12. The molecule has 2 aromatic carbocycles. The highest BCUT2D eigenvalue weighted by molar-refractivity contribution is 6.31. The number of unbranched alkanes of at least 4 members (excludes halogenated alkanes) is 2. The number of amides is 3. The molecule has 1 unspecified atom stereocenters. The monoisotopic (exact) mass is 619 g/mol. The average Bonchev–Trinajstić information content (AvgIpc) is 2.97. The molecule has 3 amide bonds. The van der Waals surface area contributed by atoms with Gasteiger partial charge in [-0.25, -0.2) is 23.4 Å². The Hall–Kier alpha value is -4.03. The first-order valence-electron chi connectivity index (χ1n) is 13.9. The van der Waals surface area contributed by atoms with E-state index >= 15 is 0 Å². The number of fused-ring (bicyclic) bond motifs is 1. The van der Waals surface area contributed by atoms with Crippen LogP contribution in [0.4, 0.5) is 24.2 Å². The topological polar surface area (TPSA) is 147 Å². The standard InChI is InChI=1S/C30H36ClF2N5O5/c1-18(27(34)28(39)40)7-4-3-5-9-23(38(2)29(41)36-16-20-8-6-10-24(33)26(20)31)17-43-30(42)37-25-14-21-13-22(32)12-11-19(21)15-35-25/h6,8,10-15,18,23,27H,3-5,7,9,16-17,34H2,1-2H3,(H,36,41)(H,39,40)(H,35,37,42)/t18?,23-,27+/m0/s1. The number of urea groups is 1. The first-order valence-corrected chi connectivity index (χ1v) is 14.2. The Kier molecular flexibility index (Phi) is 12.4. The van der Waals surface area contributed by atoms with Gasteiger partial charge in [-0.1, -0.05) is 49.9 Å². The van der Waals surface area contributed by atoms with Gasteiger partial charge < -0.3 is 25.8 Å². The van der Waals surface area contributed by atoms with Gasteiger partial charge in [-0.15, -0.1) is 0 Å². The summed E-state index contributed by atoms with van der Waals surface area (Å²) in [7, 11) is 1.56. The molecule has 0 spiro atoms. The van der Waals surface area contributed by atoms with E-state index in [1.807, 2.05) is 0 Å². The maximum atomic E-state index is 13.8. The fourth-order valence-electron chi connectivity index (χ4n) is 4.47. The first kappa shape index (κ1) is 33.5. The Bertz CT molecular complexity index is 1430. The molecule has 5 N–H and O–H groups in total. The quantitative estimate of drug-likeness (QED) is 0.164. The van der Waals surface area contributed by atoms with E-state index in [4.69, 9.17) is 27.2 Å². The van der Waals surface area contributed by atoms with E-state index < -0.39 is 41.8 Å². The Balaban J connectivity index is 1.59. The number of nitrogens with zero attached hydrogens (tertiary/aromatic N) is 2. The minimum absolute atomic E-state index is 0.0101. The number of nitrogens with two attached hydrogens (primary N) is 1. The number of rotatable bonds is 14. The van der Waals surface area contributed by atoms with Crippen LogP contribution in [0.3, 0.4) is 0 Å². The highest BCUT2D eigenvalue weighted by Gasteiger charge is 2.23. The second kappa shape index (κ2) is 16.0. The van der Waals surface area contributed by atoms with Crippen molar-refractivity contribution in [2.45, 2.75) is 57.7 Å². The zero-order chi connectivity index (χ0) is 31.5. The molecule has 0 aliphatic carbocycles. The van der Waals surface area contributed by atoms with E-state index in [2.05, 4.69) is 15.6 Å². The molecule has 1 aromatic heterocycles. The number of hydrogen-bond acceptors (Lipinski definition) is 6. The number of nitrogens with one attached hydrogen (secondary N) is 2. The van der Waals surface area contributed by atoms with Crippen molar-refractivity contribution in [1.82, 2.24) is 15.2 Å². The van der Waals surface area contributed by atoms with Gasteiger partial charge in [0.15, 0.2) is 0 Å². The Labute approximate surface area is 253 Å². The normalized spacial score (nSPS) is 13.2. The number of ether oxygens (including phenoxy) is 1. The molecular formula is C30H36ClF2N5O5. The highest BCUT2D eigenvalue weighted by Crippen LogP contribution is 2.21. The second-order valence-corrected chi connectivity index (χ2v) is 10.8. The van der Waals surface area contributed by atoms with Crippen LogP contribution < -0.4 is 16.4 Å². The van der Waals surface area contributed by atoms with Crippen LogP contribution in [0.5, 0.6) is 0 Å². The van der Waals surface area contributed by atoms with Crippen LogP contribution in [0.25, 0.3) is 10.8 Å². The number of anilines is 1. The number of likely N-dealkylation sites (N-methyl/N-ethyl adjacent to an activating group) is 1. The predicted molar refractivity (Wildman–Crippen MR) is 160 cm³/mol. The van der Waals surface area contributed by atoms with E-state index in [1.165, 1.54) is 41.4 Å². The van der Waals surface area contributed by atoms with Crippen molar-refractivity contribution in [3.05, 3.63) is 70.9 Å². The van der Waals surface area contributed by atoms with Crippen LogP contribution in [0.15, 0.2) is 48.7 Å². The lowest BCUT2D eigenvalue weighted by molar-refractivity contribution is -0.139. The van der Waals surface area contributed by atoms with Crippen molar-refractivity contribution in [2.75, 3.05) is 19.0 Å². The lowest BCUT2D eigenvalue weighted by Crippen LogP contribution is -2.46. The molecule has 10 nitrogen and oxygen atoms in total. The van der Waals surface area contributed by atoms with Gasteiger partial charge in [-0.2, -0.15) is 0 Å². The van der Waals surface area contributed by atoms with Crippen molar-refractivity contribution in [3.8, 4) is 0 Å². The Morgan fingerprint density at radius 2 is 1.84 bits per heavy atom. The maximum Gasteiger partial charge on any atom is 0.412 e. The van der Waals surface area contributed by atoms with Gasteiger partial charge in [-0.3, -0.25) is 10.1 Å². The molecule has 0 bridgehead atoms. The maximum absolute atomic E-state index is 13.8. The third kappa shape index (κ3) is 10.0. The van der Waals surface area contributed by atoms with E-state index in [1.54, 1.807) is 26.1 Å². The zero-order valence-electron chi connectivity index (χ0n) is 24.0. The minimum atomic E-state index is -1.04. The van der Waals surface area contributed by atoms with Crippen molar-refractivity contribution in [3.63, 3.8) is 0 Å². The summed E-state index contributed by atoms with van der Waals surface area (Å²) in [6.07, 6.45) is 3.94. The van der Waals surface area contributed by atoms with Crippen molar-refractivity contribution in [2.24, 2.45) is 11.7 Å². The van der Waals surface area contributed by atoms with Gasteiger partial charge >= 0.3 is 18.1 Å². The number of carboxylic acids is 1. The molecule has 3 rings (SSSR count). The van der Waals surface area contributed by atoms with E-state index in [-0.39, 0.29) is 29.9 Å². The number of pyridine rings is 1. The van der Waals surface area contributed by atoms with E-state index in [0.717, 1.165) is 12.8 Å². The molecule has 0 fully saturated rings. The molecule has 0 aliphatic rings. The van der Waals surface area contributed by atoms with Gasteiger partial charge in [-0.05, 0) is 60.0 Å². The number of hydrogen-bond donors (Lipinski definition) is 4. The number of carbonyl (C=O) groups is 3. The summed E-state index contributed by atoms with van der Waals surface area (Å²) >= 11 is 6.00. The highest BCUT2D eigenvalue weighted by atomic mass is 35.5. The third-order valence-corrected chi connectivity index (χ3v) is 7.67. The number of benzene rings is 2.